The summed E-state index contributed by atoms with van der Waals surface area (Å²) in [5.74, 6) is 0.353. The minimum Gasteiger partial charge on any atom is -0.397 e. The normalized spacial score (nSPS) is 18.2. The topological polar surface area (TPSA) is 61.3 Å². The van der Waals surface area contributed by atoms with E-state index in [4.69, 9.17) is 16.2 Å². The minimum atomic E-state index is 0.353. The van der Waals surface area contributed by atoms with Crippen molar-refractivity contribution in [2.24, 2.45) is 17.4 Å². The van der Waals surface area contributed by atoms with Crippen molar-refractivity contribution in [3.05, 3.63) is 35.2 Å². The first-order valence-electron chi connectivity index (χ1n) is 6.29. The molecule has 3 heteroatoms. The summed E-state index contributed by atoms with van der Waals surface area (Å²) in [6.45, 7) is 9.92. The maximum absolute atomic E-state index is 6.03. The highest BCUT2D eigenvalue weighted by Crippen LogP contribution is 2.31. The second kappa shape index (κ2) is 6.50. The van der Waals surface area contributed by atoms with Crippen molar-refractivity contribution in [2.75, 3.05) is 13.2 Å². The Balaban J connectivity index is 2.60. The van der Waals surface area contributed by atoms with Crippen molar-refractivity contribution < 1.29 is 4.74 Å². The zero-order chi connectivity index (χ0) is 12.8. The van der Waals surface area contributed by atoms with Gasteiger partial charge in [0.15, 0.2) is 0 Å². The van der Waals surface area contributed by atoms with Crippen LogP contribution in [0.25, 0.3) is 0 Å². The third kappa shape index (κ3) is 3.63. The van der Waals surface area contributed by atoms with E-state index in [1.54, 1.807) is 0 Å². The quantitative estimate of drug-likeness (QED) is 0.696. The highest BCUT2D eigenvalue weighted by atomic mass is 16.5. The Labute approximate surface area is 104 Å². The standard InChI is InChI=1S/C14H24N2O/c1-4-8-17-9-7-11(3)13-10(2)5-6-12(15)14(13)16/h6,11H,2,4-5,7-9,15-16H2,1,3H3. The Bertz CT molecular complexity index is 342. The van der Waals surface area contributed by atoms with E-state index in [-0.39, 0.29) is 0 Å². The summed E-state index contributed by atoms with van der Waals surface area (Å²) >= 11 is 0. The van der Waals surface area contributed by atoms with E-state index in [0.717, 1.165) is 43.6 Å². The first-order valence-corrected chi connectivity index (χ1v) is 6.29. The first kappa shape index (κ1) is 13.8. The molecule has 0 aromatic rings. The Kier molecular flexibility index (Phi) is 5.29. The summed E-state index contributed by atoms with van der Waals surface area (Å²) in [7, 11) is 0. The molecule has 1 unspecified atom stereocenters. The third-order valence-corrected chi connectivity index (χ3v) is 3.09. The van der Waals surface area contributed by atoms with Crippen LogP contribution in [-0.4, -0.2) is 13.2 Å². The van der Waals surface area contributed by atoms with Crippen LogP contribution in [0.3, 0.4) is 0 Å². The highest BCUT2D eigenvalue weighted by molar-refractivity contribution is 5.47. The van der Waals surface area contributed by atoms with Gasteiger partial charge in [0.05, 0.1) is 11.4 Å². The fourth-order valence-corrected chi connectivity index (χ4v) is 2.06. The molecule has 0 radical (unpaired) electrons. The third-order valence-electron chi connectivity index (χ3n) is 3.09. The van der Waals surface area contributed by atoms with Crippen molar-refractivity contribution >= 4 is 0 Å². The first-order chi connectivity index (χ1) is 8.07. The van der Waals surface area contributed by atoms with Crippen LogP contribution < -0.4 is 11.5 Å². The van der Waals surface area contributed by atoms with Crippen LogP contribution >= 0.6 is 0 Å². The fraction of sp³-hybridized carbons (Fsp3) is 0.571. The van der Waals surface area contributed by atoms with Gasteiger partial charge in [0, 0.05) is 13.2 Å². The van der Waals surface area contributed by atoms with E-state index in [1.807, 2.05) is 6.08 Å². The number of rotatable bonds is 6. The average Bonchev–Trinajstić information content (AvgIpc) is 2.30. The number of ether oxygens (including phenoxy) is 1. The molecule has 1 aliphatic carbocycles. The number of nitrogens with two attached hydrogens (primary N) is 2. The predicted octanol–water partition coefficient (Wildman–Crippen LogP) is 2.45. The van der Waals surface area contributed by atoms with Gasteiger partial charge in [-0.05, 0) is 36.3 Å². The van der Waals surface area contributed by atoms with Crippen molar-refractivity contribution in [3.63, 3.8) is 0 Å². The van der Waals surface area contributed by atoms with Gasteiger partial charge in [-0.2, -0.15) is 0 Å². The van der Waals surface area contributed by atoms with Gasteiger partial charge in [0.25, 0.3) is 0 Å². The Morgan fingerprint density at radius 1 is 1.41 bits per heavy atom. The monoisotopic (exact) mass is 236 g/mol. The molecule has 0 aromatic carbocycles. The Morgan fingerprint density at radius 3 is 2.76 bits per heavy atom. The van der Waals surface area contributed by atoms with Crippen LogP contribution in [0.15, 0.2) is 35.2 Å². The van der Waals surface area contributed by atoms with Crippen molar-refractivity contribution in [1.29, 1.82) is 0 Å². The number of hydrogen-bond donors (Lipinski definition) is 2. The molecule has 0 saturated carbocycles. The Morgan fingerprint density at radius 2 is 2.12 bits per heavy atom. The molecule has 0 saturated heterocycles. The molecule has 1 rings (SSSR count). The van der Waals surface area contributed by atoms with Crippen LogP contribution in [0.5, 0.6) is 0 Å². The molecule has 0 spiro atoms. The molecule has 0 amide bonds. The second-order valence-corrected chi connectivity index (χ2v) is 4.60. The van der Waals surface area contributed by atoms with E-state index >= 15 is 0 Å². The van der Waals surface area contributed by atoms with Gasteiger partial charge in [-0.3, -0.25) is 0 Å². The molecule has 0 heterocycles. The molecule has 0 bridgehead atoms. The van der Waals surface area contributed by atoms with Gasteiger partial charge in [-0.25, -0.2) is 0 Å². The molecule has 1 atom stereocenters. The predicted molar refractivity (Wildman–Crippen MR) is 72.1 cm³/mol. The van der Waals surface area contributed by atoms with Gasteiger partial charge in [-0.1, -0.05) is 26.5 Å². The molecule has 0 aromatic heterocycles. The summed E-state index contributed by atoms with van der Waals surface area (Å²) in [5, 5.41) is 0. The molecule has 17 heavy (non-hydrogen) atoms. The SMILES string of the molecule is C=C1CC=C(N)C(N)=C1C(C)CCOCCC. The van der Waals surface area contributed by atoms with Crippen LogP contribution in [-0.2, 0) is 4.74 Å². The molecular formula is C14H24N2O. The molecule has 3 nitrogen and oxygen atoms in total. The van der Waals surface area contributed by atoms with Crippen LogP contribution in [0, 0.1) is 5.92 Å². The van der Waals surface area contributed by atoms with Gasteiger partial charge in [-0.15, -0.1) is 0 Å². The maximum atomic E-state index is 6.03. The summed E-state index contributed by atoms with van der Waals surface area (Å²) in [4.78, 5) is 0. The summed E-state index contributed by atoms with van der Waals surface area (Å²) < 4.78 is 5.50. The fourth-order valence-electron chi connectivity index (χ4n) is 2.06. The summed E-state index contributed by atoms with van der Waals surface area (Å²) in [5.41, 5.74) is 15.5. The molecule has 4 N–H and O–H groups in total. The van der Waals surface area contributed by atoms with Gasteiger partial charge >= 0.3 is 0 Å². The smallest absolute Gasteiger partial charge is 0.0582 e. The van der Waals surface area contributed by atoms with E-state index in [2.05, 4.69) is 20.4 Å². The lowest BCUT2D eigenvalue weighted by molar-refractivity contribution is 0.125. The average molecular weight is 236 g/mol. The number of allylic oxidation sites excluding steroid dienone is 3. The summed E-state index contributed by atoms with van der Waals surface area (Å²) in [6, 6.07) is 0. The van der Waals surface area contributed by atoms with Crippen LogP contribution in [0.4, 0.5) is 0 Å². The molecule has 0 fully saturated rings. The lowest BCUT2D eigenvalue weighted by Crippen LogP contribution is -2.20. The van der Waals surface area contributed by atoms with Crippen molar-refractivity contribution in [3.8, 4) is 0 Å². The zero-order valence-electron chi connectivity index (χ0n) is 11.0. The Hall–Kier alpha value is -1.22. The molecular weight excluding hydrogens is 212 g/mol. The molecule has 96 valence electrons. The van der Waals surface area contributed by atoms with Crippen LogP contribution in [0.1, 0.15) is 33.1 Å². The second-order valence-electron chi connectivity index (χ2n) is 4.60. The van der Waals surface area contributed by atoms with Crippen LogP contribution in [0.2, 0.25) is 0 Å². The highest BCUT2D eigenvalue weighted by Gasteiger charge is 2.19. The number of hydrogen-bond acceptors (Lipinski definition) is 3. The lowest BCUT2D eigenvalue weighted by Gasteiger charge is -2.24. The van der Waals surface area contributed by atoms with E-state index < -0.39 is 0 Å². The van der Waals surface area contributed by atoms with E-state index in [9.17, 15) is 0 Å². The van der Waals surface area contributed by atoms with E-state index in [0.29, 0.717) is 17.3 Å². The maximum Gasteiger partial charge on any atom is 0.0582 e. The summed E-state index contributed by atoms with van der Waals surface area (Å²) in [6.07, 6.45) is 4.76. The lowest BCUT2D eigenvalue weighted by atomic mass is 9.85. The molecule has 0 aliphatic heterocycles. The minimum absolute atomic E-state index is 0.353. The van der Waals surface area contributed by atoms with Gasteiger partial charge < -0.3 is 16.2 Å². The van der Waals surface area contributed by atoms with Crippen molar-refractivity contribution in [1.82, 2.24) is 0 Å². The molecule has 1 aliphatic rings. The van der Waals surface area contributed by atoms with E-state index in [1.165, 1.54) is 0 Å². The van der Waals surface area contributed by atoms with Crippen molar-refractivity contribution in [2.45, 2.75) is 33.1 Å². The zero-order valence-corrected chi connectivity index (χ0v) is 11.0. The largest absolute Gasteiger partial charge is 0.397 e. The van der Waals surface area contributed by atoms with Gasteiger partial charge in [0.2, 0.25) is 0 Å². The van der Waals surface area contributed by atoms with Gasteiger partial charge in [0.1, 0.15) is 0 Å².